The molecule has 3 heteroatoms. The molecule has 0 aliphatic heterocycles. The standard InChI is InChI=1S/C8H9NO.CH4O/c1-7(10)9-8-5-3-2-4-6-8;1-2/h2-6H,1H3,(H,9,10);2H,1H3. The molecular formula is C9H13NO2. The lowest BCUT2D eigenvalue weighted by molar-refractivity contribution is -0.114. The van der Waals surface area contributed by atoms with Crippen molar-refractivity contribution in [3.8, 4) is 0 Å². The van der Waals surface area contributed by atoms with Gasteiger partial charge in [0.25, 0.3) is 0 Å². The SMILES string of the molecule is CC(=O)Nc1ccccc1.CO. The third-order valence-corrected chi connectivity index (χ3v) is 1.09. The van der Waals surface area contributed by atoms with Crippen LogP contribution in [0, 0.1) is 0 Å². The number of para-hydroxylation sites is 1. The number of rotatable bonds is 1. The Labute approximate surface area is 72.0 Å². The van der Waals surface area contributed by atoms with Gasteiger partial charge in [0.1, 0.15) is 0 Å². The Morgan fingerprint density at radius 2 is 1.75 bits per heavy atom. The minimum atomic E-state index is -0.0359. The highest BCUT2D eigenvalue weighted by atomic mass is 16.2. The Hall–Kier alpha value is -1.35. The third-order valence-electron chi connectivity index (χ3n) is 1.09. The molecule has 3 nitrogen and oxygen atoms in total. The van der Waals surface area contributed by atoms with Gasteiger partial charge in [0.05, 0.1) is 0 Å². The predicted octanol–water partition coefficient (Wildman–Crippen LogP) is 1.25. The maximum Gasteiger partial charge on any atom is 0.221 e. The van der Waals surface area contributed by atoms with E-state index in [0.29, 0.717) is 0 Å². The van der Waals surface area contributed by atoms with E-state index in [1.165, 1.54) is 6.92 Å². The maximum atomic E-state index is 10.5. The Balaban J connectivity index is 0.000000561. The van der Waals surface area contributed by atoms with E-state index in [1.54, 1.807) is 0 Å². The molecule has 1 aromatic rings. The van der Waals surface area contributed by atoms with Crippen LogP contribution in [0.1, 0.15) is 6.92 Å². The summed E-state index contributed by atoms with van der Waals surface area (Å²) >= 11 is 0. The van der Waals surface area contributed by atoms with Gasteiger partial charge >= 0.3 is 0 Å². The van der Waals surface area contributed by atoms with Gasteiger partial charge in [0.15, 0.2) is 0 Å². The number of carbonyl (C=O) groups excluding carboxylic acids is 1. The number of amides is 1. The van der Waals surface area contributed by atoms with Crippen LogP contribution in [0.3, 0.4) is 0 Å². The summed E-state index contributed by atoms with van der Waals surface area (Å²) in [7, 11) is 1.00. The Bertz CT molecular complexity index is 221. The van der Waals surface area contributed by atoms with Crippen molar-refractivity contribution >= 4 is 11.6 Å². The third kappa shape index (κ3) is 4.46. The second-order valence-electron chi connectivity index (χ2n) is 2.05. The molecule has 0 spiro atoms. The van der Waals surface area contributed by atoms with Gasteiger partial charge in [-0.1, -0.05) is 18.2 Å². The number of carbonyl (C=O) groups is 1. The molecule has 0 saturated heterocycles. The summed E-state index contributed by atoms with van der Waals surface area (Å²) in [6.45, 7) is 1.49. The predicted molar refractivity (Wildman–Crippen MR) is 48.9 cm³/mol. The Kier molecular flexibility index (Phi) is 5.65. The molecule has 0 heterocycles. The summed E-state index contributed by atoms with van der Waals surface area (Å²) in [5.41, 5.74) is 0.843. The fourth-order valence-corrected chi connectivity index (χ4v) is 0.725. The van der Waals surface area contributed by atoms with Crippen molar-refractivity contribution in [3.63, 3.8) is 0 Å². The molecule has 0 aliphatic carbocycles. The molecule has 0 atom stereocenters. The lowest BCUT2D eigenvalue weighted by Gasteiger charge is -1.98. The molecule has 0 saturated carbocycles. The fourth-order valence-electron chi connectivity index (χ4n) is 0.725. The molecule has 1 rings (SSSR count). The molecule has 2 N–H and O–H groups in total. The lowest BCUT2D eigenvalue weighted by Crippen LogP contribution is -2.04. The van der Waals surface area contributed by atoms with Gasteiger partial charge in [-0.15, -0.1) is 0 Å². The van der Waals surface area contributed by atoms with Crippen molar-refractivity contribution in [1.82, 2.24) is 0 Å². The van der Waals surface area contributed by atoms with E-state index in [2.05, 4.69) is 5.32 Å². The number of hydrogen-bond donors (Lipinski definition) is 2. The normalized spacial score (nSPS) is 7.92. The number of benzene rings is 1. The van der Waals surface area contributed by atoms with Gasteiger partial charge in [0, 0.05) is 19.7 Å². The molecular weight excluding hydrogens is 154 g/mol. The number of hydrogen-bond acceptors (Lipinski definition) is 2. The van der Waals surface area contributed by atoms with Gasteiger partial charge < -0.3 is 10.4 Å². The van der Waals surface area contributed by atoms with E-state index in [9.17, 15) is 4.79 Å². The van der Waals surface area contributed by atoms with Gasteiger partial charge in [-0.25, -0.2) is 0 Å². The number of nitrogens with one attached hydrogen (secondary N) is 1. The average molecular weight is 167 g/mol. The minimum Gasteiger partial charge on any atom is -0.400 e. The van der Waals surface area contributed by atoms with Crippen molar-refractivity contribution in [2.45, 2.75) is 6.92 Å². The minimum absolute atomic E-state index is 0.0359. The van der Waals surface area contributed by atoms with Crippen LogP contribution in [0.4, 0.5) is 5.69 Å². The maximum absolute atomic E-state index is 10.5. The Morgan fingerprint density at radius 3 is 2.17 bits per heavy atom. The van der Waals surface area contributed by atoms with Crippen LogP contribution in [0.25, 0.3) is 0 Å². The highest BCUT2D eigenvalue weighted by molar-refractivity contribution is 5.88. The van der Waals surface area contributed by atoms with Crippen molar-refractivity contribution in [3.05, 3.63) is 30.3 Å². The van der Waals surface area contributed by atoms with Crippen LogP contribution in [0.2, 0.25) is 0 Å². The molecule has 1 aromatic carbocycles. The van der Waals surface area contributed by atoms with Gasteiger partial charge in [-0.2, -0.15) is 0 Å². The summed E-state index contributed by atoms with van der Waals surface area (Å²) in [4.78, 5) is 10.5. The zero-order chi connectivity index (χ0) is 9.40. The van der Waals surface area contributed by atoms with Crippen LogP contribution < -0.4 is 5.32 Å². The lowest BCUT2D eigenvalue weighted by atomic mass is 10.3. The van der Waals surface area contributed by atoms with Crippen molar-refractivity contribution < 1.29 is 9.90 Å². The first kappa shape index (κ1) is 10.7. The first-order valence-electron chi connectivity index (χ1n) is 3.56. The van der Waals surface area contributed by atoms with Crippen LogP contribution in [-0.4, -0.2) is 18.1 Å². The average Bonchev–Trinajstić information content (AvgIpc) is 2.08. The second-order valence-corrected chi connectivity index (χ2v) is 2.05. The van der Waals surface area contributed by atoms with E-state index in [4.69, 9.17) is 5.11 Å². The summed E-state index contributed by atoms with van der Waals surface area (Å²) in [6, 6.07) is 9.37. The molecule has 0 unspecified atom stereocenters. The van der Waals surface area contributed by atoms with E-state index in [-0.39, 0.29) is 5.91 Å². The highest BCUT2D eigenvalue weighted by Crippen LogP contribution is 2.03. The fraction of sp³-hybridized carbons (Fsp3) is 0.222. The zero-order valence-corrected chi connectivity index (χ0v) is 7.24. The molecule has 0 fully saturated rings. The molecule has 0 bridgehead atoms. The first-order valence-corrected chi connectivity index (χ1v) is 3.56. The first-order chi connectivity index (χ1) is 5.79. The summed E-state index contributed by atoms with van der Waals surface area (Å²) < 4.78 is 0. The molecule has 0 aromatic heterocycles. The van der Waals surface area contributed by atoms with E-state index in [0.717, 1.165) is 12.8 Å². The van der Waals surface area contributed by atoms with Gasteiger partial charge in [0.2, 0.25) is 5.91 Å². The second kappa shape index (κ2) is 6.37. The number of aliphatic hydroxyl groups excluding tert-OH is 1. The van der Waals surface area contributed by atoms with E-state index in [1.807, 2.05) is 30.3 Å². The van der Waals surface area contributed by atoms with Gasteiger partial charge in [-0.3, -0.25) is 4.79 Å². The van der Waals surface area contributed by atoms with Crippen molar-refractivity contribution in [1.29, 1.82) is 0 Å². The summed E-state index contributed by atoms with van der Waals surface area (Å²) in [5.74, 6) is -0.0359. The van der Waals surface area contributed by atoms with Crippen molar-refractivity contribution in [2.24, 2.45) is 0 Å². The van der Waals surface area contributed by atoms with Crippen LogP contribution in [0.5, 0.6) is 0 Å². The zero-order valence-electron chi connectivity index (χ0n) is 7.24. The number of aliphatic hydroxyl groups is 1. The highest BCUT2D eigenvalue weighted by Gasteiger charge is 1.90. The molecule has 66 valence electrons. The van der Waals surface area contributed by atoms with Gasteiger partial charge in [-0.05, 0) is 12.1 Å². The van der Waals surface area contributed by atoms with Crippen LogP contribution in [-0.2, 0) is 4.79 Å². The number of anilines is 1. The molecule has 1 amide bonds. The van der Waals surface area contributed by atoms with Crippen LogP contribution in [0.15, 0.2) is 30.3 Å². The van der Waals surface area contributed by atoms with Crippen LogP contribution >= 0.6 is 0 Å². The summed E-state index contributed by atoms with van der Waals surface area (Å²) in [6.07, 6.45) is 0. The Morgan fingerprint density at radius 1 is 1.25 bits per heavy atom. The molecule has 12 heavy (non-hydrogen) atoms. The largest absolute Gasteiger partial charge is 0.400 e. The van der Waals surface area contributed by atoms with Crippen molar-refractivity contribution in [2.75, 3.05) is 12.4 Å². The summed E-state index contributed by atoms with van der Waals surface area (Å²) in [5, 5.41) is 9.67. The monoisotopic (exact) mass is 167 g/mol. The molecule has 0 aliphatic rings. The quantitative estimate of drug-likeness (QED) is 0.661. The topological polar surface area (TPSA) is 49.3 Å². The van der Waals surface area contributed by atoms with E-state index < -0.39 is 0 Å². The van der Waals surface area contributed by atoms with E-state index >= 15 is 0 Å². The molecule has 0 radical (unpaired) electrons. The smallest absolute Gasteiger partial charge is 0.221 e.